The van der Waals surface area contributed by atoms with Crippen LogP contribution in [0.4, 0.5) is 0 Å². The molecule has 2 heteroatoms. The molecule has 0 aromatic heterocycles. The number of benzene rings is 2. The third kappa shape index (κ3) is 6.06. The summed E-state index contributed by atoms with van der Waals surface area (Å²) in [6.45, 7) is 12.5. The molecule has 0 aliphatic heterocycles. The zero-order valence-corrected chi connectivity index (χ0v) is 27.9. The van der Waals surface area contributed by atoms with Crippen LogP contribution in [-0.2, 0) is 4.74 Å². The summed E-state index contributed by atoms with van der Waals surface area (Å²) in [6, 6.07) is 20.0. The molecule has 0 saturated heterocycles. The van der Waals surface area contributed by atoms with E-state index in [-0.39, 0.29) is 17.5 Å². The summed E-state index contributed by atoms with van der Waals surface area (Å²) in [7, 11) is 0. The van der Waals surface area contributed by atoms with E-state index in [1.807, 2.05) is 30.3 Å². The van der Waals surface area contributed by atoms with Gasteiger partial charge in [-0.05, 0) is 121 Å². The van der Waals surface area contributed by atoms with Crippen LogP contribution < -0.4 is 0 Å². The van der Waals surface area contributed by atoms with Gasteiger partial charge in [-0.3, -0.25) is 0 Å². The lowest BCUT2D eigenvalue weighted by Gasteiger charge is -2.60. The van der Waals surface area contributed by atoms with Gasteiger partial charge < -0.3 is 4.74 Å². The molecule has 4 aliphatic rings. The van der Waals surface area contributed by atoms with Crippen molar-refractivity contribution in [2.45, 2.75) is 105 Å². The van der Waals surface area contributed by atoms with Gasteiger partial charge in [0.25, 0.3) is 0 Å². The fourth-order valence-corrected chi connectivity index (χ4v) is 10.4. The van der Waals surface area contributed by atoms with E-state index in [9.17, 15) is 4.79 Å². The maximum absolute atomic E-state index is 13.0. The van der Waals surface area contributed by atoms with Crippen molar-refractivity contribution >= 4 is 5.97 Å². The Labute approximate surface area is 267 Å². The van der Waals surface area contributed by atoms with Crippen LogP contribution in [0.1, 0.15) is 115 Å². The van der Waals surface area contributed by atoms with Crippen molar-refractivity contribution in [1.82, 2.24) is 0 Å². The van der Waals surface area contributed by atoms with Crippen molar-refractivity contribution in [2.75, 3.05) is 0 Å². The van der Waals surface area contributed by atoms with Crippen LogP contribution in [0.25, 0.3) is 0 Å². The molecular formula is C42H54O2. The van der Waals surface area contributed by atoms with E-state index in [0.717, 1.165) is 42.6 Å². The Morgan fingerprint density at radius 1 is 0.841 bits per heavy atom. The second-order valence-corrected chi connectivity index (χ2v) is 15.8. The highest BCUT2D eigenvalue weighted by Crippen LogP contribution is 2.68. The third-order valence-electron chi connectivity index (χ3n) is 12.8. The number of carbonyl (C=O) groups is 1. The van der Waals surface area contributed by atoms with Crippen molar-refractivity contribution in [1.29, 1.82) is 0 Å². The van der Waals surface area contributed by atoms with Gasteiger partial charge in [0, 0.05) is 11.1 Å². The Morgan fingerprint density at radius 2 is 1.52 bits per heavy atom. The Hall–Kier alpha value is -2.79. The van der Waals surface area contributed by atoms with E-state index in [2.05, 4.69) is 82.9 Å². The number of hydrogen-bond acceptors (Lipinski definition) is 2. The molecule has 2 aromatic carbocycles. The zero-order chi connectivity index (χ0) is 30.9. The van der Waals surface area contributed by atoms with Crippen molar-refractivity contribution in [2.24, 2.45) is 52.3 Å². The van der Waals surface area contributed by atoms with E-state index >= 15 is 0 Å². The average Bonchev–Trinajstić information content (AvgIpc) is 3.38. The summed E-state index contributed by atoms with van der Waals surface area (Å²) in [6.07, 6.45) is 15.0. The minimum atomic E-state index is -0.186. The smallest absolute Gasteiger partial charge is 0.338 e. The predicted molar refractivity (Wildman–Crippen MR) is 181 cm³/mol. The summed E-state index contributed by atoms with van der Waals surface area (Å²) in [5, 5.41) is 0. The Balaban J connectivity index is 1.29. The first-order valence-electron chi connectivity index (χ1n) is 17.7. The molecule has 0 amide bonds. The van der Waals surface area contributed by atoms with E-state index < -0.39 is 0 Å². The van der Waals surface area contributed by atoms with Crippen LogP contribution in [-0.4, -0.2) is 12.1 Å². The normalized spacial score (nSPS) is 34.9. The molecular weight excluding hydrogens is 536 g/mol. The monoisotopic (exact) mass is 590 g/mol. The number of carbonyl (C=O) groups excluding carboxylic acids is 1. The summed E-state index contributed by atoms with van der Waals surface area (Å²) in [4.78, 5) is 13.0. The standard InChI is InChI=1S/C42H54O2/c1-29(2)13-12-14-30(3)36-21-22-37-39-33(20-19-31-15-8-6-9-16-31)27-34-28-35(44-40(43)32-17-10-7-11-18-32)23-25-41(34,4)38(39)24-26-42(36,37)5/h6-11,15-18,27,29-30,34-39H,12-14,21-26,28H2,1-5H3/t30-,34+,35+,36+,37+,38-,39-,41+,42-/m1/s1. The molecule has 234 valence electrons. The molecule has 2 aromatic rings. The summed E-state index contributed by atoms with van der Waals surface area (Å²) >= 11 is 0. The minimum absolute atomic E-state index is 0.0340. The molecule has 44 heavy (non-hydrogen) atoms. The zero-order valence-electron chi connectivity index (χ0n) is 27.9. The van der Waals surface area contributed by atoms with Crippen molar-refractivity contribution in [3.63, 3.8) is 0 Å². The molecule has 0 unspecified atom stereocenters. The molecule has 3 saturated carbocycles. The lowest BCUT2D eigenvalue weighted by atomic mass is 9.44. The molecule has 4 aliphatic carbocycles. The van der Waals surface area contributed by atoms with Crippen LogP contribution in [0.3, 0.4) is 0 Å². The van der Waals surface area contributed by atoms with Crippen LogP contribution in [0.15, 0.2) is 72.3 Å². The quantitative estimate of drug-likeness (QED) is 0.237. The number of esters is 1. The first-order chi connectivity index (χ1) is 21.2. The number of allylic oxidation sites excluding steroid dienone is 2. The number of rotatable bonds is 7. The van der Waals surface area contributed by atoms with Gasteiger partial charge in [-0.15, -0.1) is 0 Å². The van der Waals surface area contributed by atoms with E-state index in [1.54, 1.807) is 0 Å². The summed E-state index contributed by atoms with van der Waals surface area (Å²) in [5.41, 5.74) is 3.77. The van der Waals surface area contributed by atoms with Crippen molar-refractivity contribution in [3.05, 3.63) is 83.4 Å². The van der Waals surface area contributed by atoms with Gasteiger partial charge in [0.2, 0.25) is 0 Å². The molecule has 2 nitrogen and oxygen atoms in total. The van der Waals surface area contributed by atoms with Gasteiger partial charge in [0.1, 0.15) is 6.10 Å². The Morgan fingerprint density at radius 3 is 2.25 bits per heavy atom. The molecule has 0 N–H and O–H groups in total. The Bertz CT molecular complexity index is 1380. The first-order valence-corrected chi connectivity index (χ1v) is 17.7. The maximum Gasteiger partial charge on any atom is 0.338 e. The summed E-state index contributed by atoms with van der Waals surface area (Å²) < 4.78 is 6.14. The molecule has 0 bridgehead atoms. The molecule has 0 radical (unpaired) electrons. The maximum atomic E-state index is 13.0. The van der Waals surface area contributed by atoms with Crippen LogP contribution >= 0.6 is 0 Å². The molecule has 6 rings (SSSR count). The third-order valence-corrected chi connectivity index (χ3v) is 12.8. The molecule has 0 spiro atoms. The number of hydrogen-bond donors (Lipinski definition) is 0. The lowest BCUT2D eigenvalue weighted by Crippen LogP contribution is -2.54. The highest BCUT2D eigenvalue weighted by atomic mass is 16.5. The lowest BCUT2D eigenvalue weighted by molar-refractivity contribution is -0.0869. The van der Waals surface area contributed by atoms with Crippen LogP contribution in [0.2, 0.25) is 0 Å². The predicted octanol–water partition coefficient (Wildman–Crippen LogP) is 10.5. The topological polar surface area (TPSA) is 26.3 Å². The van der Waals surface area contributed by atoms with E-state index in [4.69, 9.17) is 4.74 Å². The number of fused-ring (bicyclic) bond motifs is 5. The molecule has 9 atom stereocenters. The molecule has 3 fully saturated rings. The van der Waals surface area contributed by atoms with Crippen LogP contribution in [0, 0.1) is 64.1 Å². The van der Waals surface area contributed by atoms with Gasteiger partial charge in [-0.1, -0.05) is 108 Å². The second-order valence-electron chi connectivity index (χ2n) is 15.8. The minimum Gasteiger partial charge on any atom is -0.459 e. The average molecular weight is 591 g/mol. The van der Waals surface area contributed by atoms with Crippen molar-refractivity contribution < 1.29 is 9.53 Å². The first kappa shape index (κ1) is 31.2. The van der Waals surface area contributed by atoms with Gasteiger partial charge in [0.05, 0.1) is 5.56 Å². The summed E-state index contributed by atoms with van der Waals surface area (Å²) in [5.74, 6) is 11.9. The van der Waals surface area contributed by atoms with Gasteiger partial charge in [-0.2, -0.15) is 0 Å². The van der Waals surface area contributed by atoms with Gasteiger partial charge >= 0.3 is 5.97 Å². The SMILES string of the molecule is CC(C)CCC[C@@H](C)[C@@H]1CC[C@H]2[C@H]3C(C#Cc4ccccc4)=C[C@H]4C[C@@H](OC(=O)c5ccccc5)CC[C@]4(C)[C@@H]3CC[C@@]21C. The Kier molecular flexibility index (Phi) is 9.15. The van der Waals surface area contributed by atoms with E-state index in [0.29, 0.717) is 34.7 Å². The number of ether oxygens (including phenoxy) is 1. The van der Waals surface area contributed by atoms with Gasteiger partial charge in [-0.25, -0.2) is 4.79 Å². The highest BCUT2D eigenvalue weighted by Gasteiger charge is 2.61. The van der Waals surface area contributed by atoms with Crippen molar-refractivity contribution in [3.8, 4) is 11.8 Å². The second kappa shape index (κ2) is 12.9. The van der Waals surface area contributed by atoms with Crippen LogP contribution in [0.5, 0.6) is 0 Å². The van der Waals surface area contributed by atoms with E-state index in [1.165, 1.54) is 50.5 Å². The largest absolute Gasteiger partial charge is 0.459 e. The van der Waals surface area contributed by atoms with Gasteiger partial charge in [0.15, 0.2) is 0 Å². The highest BCUT2D eigenvalue weighted by molar-refractivity contribution is 5.89. The fraction of sp³-hybridized carbons (Fsp3) is 0.595. The molecule has 0 heterocycles. The fourth-order valence-electron chi connectivity index (χ4n) is 10.4.